The summed E-state index contributed by atoms with van der Waals surface area (Å²) in [5.74, 6) is 0. The van der Waals surface area contributed by atoms with E-state index in [4.69, 9.17) is 9.26 Å². The van der Waals surface area contributed by atoms with Gasteiger partial charge < -0.3 is 29.5 Å². The molecule has 3 rings (SSSR count). The topological polar surface area (TPSA) is 202 Å². The average molecular weight is 532 g/mol. The zero-order valence-electron chi connectivity index (χ0n) is 20.9. The average Bonchev–Trinajstić information content (AvgIpc) is 3.39. The van der Waals surface area contributed by atoms with Crippen molar-refractivity contribution in [1.82, 2.24) is 24.5 Å². The molecule has 202 valence electrons. The predicted octanol–water partition coefficient (Wildman–Crippen LogP) is 0.314. The van der Waals surface area contributed by atoms with Crippen molar-refractivity contribution in [3.63, 3.8) is 0 Å². The van der Waals surface area contributed by atoms with E-state index in [9.17, 15) is 34.4 Å². The lowest BCUT2D eigenvalue weighted by Crippen LogP contribution is -2.40. The molecule has 1 aliphatic rings. The lowest BCUT2D eigenvalue weighted by atomic mass is 9.93. The van der Waals surface area contributed by atoms with Crippen molar-refractivity contribution in [1.29, 1.82) is 0 Å². The number of aryl methyl sites for hydroxylation is 1. The number of aliphatic hydroxyl groups is 3. The highest BCUT2D eigenvalue weighted by Crippen LogP contribution is 2.59. The first kappa shape index (κ1) is 28.4. The number of rotatable bonds is 10. The third-order valence-electron chi connectivity index (χ3n) is 6.72. The van der Waals surface area contributed by atoms with Crippen molar-refractivity contribution in [2.75, 3.05) is 0 Å². The minimum atomic E-state index is -4.51. The Morgan fingerprint density at radius 2 is 1.83 bits per heavy atom. The van der Waals surface area contributed by atoms with Crippen LogP contribution in [0, 0.1) is 0 Å². The number of H-pyrrole nitrogens is 1. The minimum Gasteiger partial charge on any atom is -0.388 e. The molecule has 4 unspecified atom stereocenters. The monoisotopic (exact) mass is 531 g/mol. The van der Waals surface area contributed by atoms with Crippen LogP contribution in [0.25, 0.3) is 11.3 Å². The quantitative estimate of drug-likeness (QED) is 0.264. The molecule has 0 saturated carbocycles. The lowest BCUT2D eigenvalue weighted by molar-refractivity contribution is -0.0714. The fourth-order valence-corrected chi connectivity index (χ4v) is 5.23. The highest BCUT2D eigenvalue weighted by Gasteiger charge is 2.50. The number of hydrogen-bond acceptors (Lipinski definition) is 10. The van der Waals surface area contributed by atoms with Gasteiger partial charge in [-0.2, -0.15) is 0 Å². The molecular weight excluding hydrogens is 497 g/mol. The molecule has 0 radical (unpaired) electrons. The molecule has 1 saturated heterocycles. The first-order valence-corrected chi connectivity index (χ1v) is 13.3. The van der Waals surface area contributed by atoms with Crippen molar-refractivity contribution in [3.8, 4) is 11.3 Å². The van der Waals surface area contributed by atoms with Crippen molar-refractivity contribution >= 4 is 7.60 Å². The maximum absolute atomic E-state index is 12.8. The molecular formula is C21H34N5O9P. The molecule has 2 aromatic rings. The van der Waals surface area contributed by atoms with E-state index in [-0.39, 0.29) is 30.5 Å². The first-order valence-electron chi connectivity index (χ1n) is 11.7. The summed E-state index contributed by atoms with van der Waals surface area (Å²) in [7, 11) is -4.51. The second-order valence-corrected chi connectivity index (χ2v) is 11.6. The zero-order chi connectivity index (χ0) is 27.1. The predicted molar refractivity (Wildman–Crippen MR) is 127 cm³/mol. The second-order valence-electron chi connectivity index (χ2n) is 9.40. The van der Waals surface area contributed by atoms with Gasteiger partial charge >= 0.3 is 13.3 Å². The summed E-state index contributed by atoms with van der Waals surface area (Å²) in [6.45, 7) is 8.30. The number of aromatic nitrogens is 5. The Morgan fingerprint density at radius 1 is 1.17 bits per heavy atom. The van der Waals surface area contributed by atoms with Crippen molar-refractivity contribution < 1.29 is 34.0 Å². The molecule has 1 fully saturated rings. The Hall–Kier alpha value is -2.19. The number of ether oxygens (including phenoxy) is 1. The van der Waals surface area contributed by atoms with E-state index in [1.807, 2.05) is 6.92 Å². The number of aromatic amines is 1. The Labute approximate surface area is 207 Å². The standard InChI is InChI=1S/C21H34N5O9P/c1-6-20(4,35-36(32,33)21(5,31)7-2)9-14-15(27)16(28)18(34-14)26-10-12(17(29)22-19(26)30)13-11-25(8-3)24-23-13/h10-11,14-16,18,27-28,31H,6-9H2,1-5H3,(H,32,33)(H,22,29,30)/t14-,15?,16+,18-,20?,21?/m1/s1. The van der Waals surface area contributed by atoms with Gasteiger partial charge in [-0.1, -0.05) is 19.1 Å². The van der Waals surface area contributed by atoms with E-state index in [1.54, 1.807) is 13.8 Å². The van der Waals surface area contributed by atoms with Gasteiger partial charge in [0.05, 0.1) is 23.5 Å². The summed E-state index contributed by atoms with van der Waals surface area (Å²) >= 11 is 0. The van der Waals surface area contributed by atoms with Gasteiger partial charge in [0.1, 0.15) is 17.9 Å². The zero-order valence-corrected chi connectivity index (χ0v) is 21.8. The molecule has 1 aliphatic heterocycles. The van der Waals surface area contributed by atoms with E-state index in [0.717, 1.165) is 4.57 Å². The number of hydrogen-bond donors (Lipinski definition) is 5. The third kappa shape index (κ3) is 5.40. The molecule has 5 N–H and O–H groups in total. The van der Waals surface area contributed by atoms with E-state index in [0.29, 0.717) is 6.54 Å². The Kier molecular flexibility index (Phi) is 8.11. The van der Waals surface area contributed by atoms with E-state index < -0.39 is 54.3 Å². The van der Waals surface area contributed by atoms with Crippen LogP contribution in [0.4, 0.5) is 0 Å². The van der Waals surface area contributed by atoms with Gasteiger partial charge in [-0.05, 0) is 33.6 Å². The Bertz CT molecular complexity index is 1240. The molecule has 15 heteroatoms. The van der Waals surface area contributed by atoms with E-state index in [1.165, 1.54) is 30.9 Å². The van der Waals surface area contributed by atoms with Crippen LogP contribution < -0.4 is 11.2 Å². The van der Waals surface area contributed by atoms with Crippen LogP contribution in [0.15, 0.2) is 22.0 Å². The molecule has 3 heterocycles. The summed E-state index contributed by atoms with van der Waals surface area (Å²) in [6, 6.07) is 0. The summed E-state index contributed by atoms with van der Waals surface area (Å²) in [4.78, 5) is 37.5. The van der Waals surface area contributed by atoms with Gasteiger partial charge in [-0.15, -0.1) is 5.10 Å². The minimum absolute atomic E-state index is 0.00721. The molecule has 0 amide bonds. The fourth-order valence-electron chi connectivity index (χ4n) is 3.83. The molecule has 36 heavy (non-hydrogen) atoms. The summed E-state index contributed by atoms with van der Waals surface area (Å²) < 4.78 is 26.5. The molecule has 2 aromatic heterocycles. The Morgan fingerprint density at radius 3 is 2.39 bits per heavy atom. The number of nitrogens with zero attached hydrogens (tertiary/aromatic N) is 4. The van der Waals surface area contributed by atoms with Gasteiger partial charge in [-0.25, -0.2) is 4.79 Å². The highest BCUT2D eigenvalue weighted by molar-refractivity contribution is 7.54. The van der Waals surface area contributed by atoms with Crippen LogP contribution >= 0.6 is 7.60 Å². The SMILES string of the molecule is CCn1cc(-c2cn([C@@H]3O[C@H](CC(C)(CC)OP(=O)(O)C(C)(O)CC)C(O)[C@@H]3O)c(=O)[nH]c2=O)nn1. The third-order valence-corrected chi connectivity index (χ3v) is 8.94. The Balaban J connectivity index is 1.89. The van der Waals surface area contributed by atoms with Gasteiger partial charge in [0.2, 0.25) is 0 Å². The maximum Gasteiger partial charge on any atom is 0.359 e. The molecule has 14 nitrogen and oxygen atoms in total. The van der Waals surface area contributed by atoms with Gasteiger partial charge in [-0.3, -0.25) is 23.6 Å². The largest absolute Gasteiger partial charge is 0.388 e. The fraction of sp³-hybridized carbons (Fsp3) is 0.714. The van der Waals surface area contributed by atoms with E-state index in [2.05, 4.69) is 15.3 Å². The summed E-state index contributed by atoms with van der Waals surface area (Å²) in [6.07, 6.45) is -2.82. The number of nitrogens with one attached hydrogen (secondary N) is 1. The van der Waals surface area contributed by atoms with Crippen molar-refractivity contribution in [2.45, 2.75) is 95.9 Å². The smallest absolute Gasteiger partial charge is 0.359 e. The normalized spacial score (nSPS) is 27.4. The molecule has 7 atom stereocenters. The van der Waals surface area contributed by atoms with Crippen molar-refractivity contribution in [3.05, 3.63) is 33.2 Å². The molecule has 0 spiro atoms. The van der Waals surface area contributed by atoms with Crippen LogP contribution in [-0.4, -0.2) is 74.0 Å². The van der Waals surface area contributed by atoms with Crippen LogP contribution in [-0.2, 0) is 20.4 Å². The second kappa shape index (κ2) is 10.3. The first-order chi connectivity index (χ1) is 16.7. The molecule has 0 aromatic carbocycles. The maximum atomic E-state index is 12.8. The van der Waals surface area contributed by atoms with Gasteiger partial charge in [0.25, 0.3) is 5.56 Å². The summed E-state index contributed by atoms with van der Waals surface area (Å²) in [5.41, 5.74) is -2.71. The lowest BCUT2D eigenvalue weighted by Gasteiger charge is -2.37. The van der Waals surface area contributed by atoms with Gasteiger partial charge in [0.15, 0.2) is 11.6 Å². The highest BCUT2D eigenvalue weighted by atomic mass is 31.2. The van der Waals surface area contributed by atoms with Crippen molar-refractivity contribution in [2.24, 2.45) is 0 Å². The van der Waals surface area contributed by atoms with Gasteiger partial charge in [0, 0.05) is 19.2 Å². The molecule has 0 bridgehead atoms. The molecule has 0 aliphatic carbocycles. The van der Waals surface area contributed by atoms with Crippen LogP contribution in [0.3, 0.4) is 0 Å². The summed E-state index contributed by atoms with van der Waals surface area (Å²) in [5, 5.41) is 37.5. The van der Waals surface area contributed by atoms with Crippen LogP contribution in [0.1, 0.15) is 60.1 Å². The number of aliphatic hydroxyl groups excluding tert-OH is 2. The van der Waals surface area contributed by atoms with Crippen LogP contribution in [0.2, 0.25) is 0 Å². The van der Waals surface area contributed by atoms with E-state index >= 15 is 0 Å². The van der Waals surface area contributed by atoms with Crippen LogP contribution in [0.5, 0.6) is 0 Å².